The van der Waals surface area contributed by atoms with Crippen LogP contribution in [-0.2, 0) is 6.42 Å². The van der Waals surface area contributed by atoms with E-state index in [0.717, 1.165) is 12.2 Å². The van der Waals surface area contributed by atoms with Crippen LogP contribution < -0.4 is 10.6 Å². The molecule has 0 aliphatic carbocycles. The van der Waals surface area contributed by atoms with Crippen molar-refractivity contribution in [2.75, 3.05) is 13.1 Å². The second-order valence-electron chi connectivity index (χ2n) is 5.00. The van der Waals surface area contributed by atoms with Gasteiger partial charge in [0, 0.05) is 19.5 Å². The third-order valence-corrected chi connectivity index (χ3v) is 2.02. The maximum atomic E-state index is 11.4. The summed E-state index contributed by atoms with van der Waals surface area (Å²) in [6, 6.07) is 3.62. The molecule has 90 valence electrons. The highest BCUT2D eigenvalue weighted by Crippen LogP contribution is 2.09. The van der Waals surface area contributed by atoms with Crippen LogP contribution in [0.15, 0.2) is 22.8 Å². The lowest BCUT2D eigenvalue weighted by atomic mass is 9.97. The molecule has 0 aromatic carbocycles. The Kier molecular flexibility index (Phi) is 4.40. The maximum Gasteiger partial charge on any atom is 0.314 e. The molecule has 1 heterocycles. The van der Waals surface area contributed by atoms with Gasteiger partial charge in [0.2, 0.25) is 0 Å². The van der Waals surface area contributed by atoms with Gasteiger partial charge in [0.25, 0.3) is 0 Å². The van der Waals surface area contributed by atoms with Gasteiger partial charge in [-0.15, -0.1) is 0 Å². The van der Waals surface area contributed by atoms with E-state index in [4.69, 9.17) is 4.42 Å². The van der Waals surface area contributed by atoms with Gasteiger partial charge >= 0.3 is 6.03 Å². The Hall–Kier alpha value is -1.45. The molecule has 1 rings (SSSR count). The van der Waals surface area contributed by atoms with Crippen LogP contribution in [-0.4, -0.2) is 19.1 Å². The molecule has 1 aromatic heterocycles. The van der Waals surface area contributed by atoms with Gasteiger partial charge in [-0.1, -0.05) is 20.8 Å². The minimum atomic E-state index is -0.124. The number of amides is 2. The van der Waals surface area contributed by atoms with Crippen LogP contribution in [0, 0.1) is 5.41 Å². The smallest absolute Gasteiger partial charge is 0.314 e. The molecule has 16 heavy (non-hydrogen) atoms. The van der Waals surface area contributed by atoms with E-state index >= 15 is 0 Å². The molecule has 2 amide bonds. The molecule has 4 heteroatoms. The normalized spacial score (nSPS) is 11.2. The second-order valence-corrected chi connectivity index (χ2v) is 5.00. The van der Waals surface area contributed by atoms with Crippen LogP contribution in [0.25, 0.3) is 0 Å². The molecule has 0 saturated heterocycles. The van der Waals surface area contributed by atoms with Crippen molar-refractivity contribution in [2.24, 2.45) is 5.41 Å². The van der Waals surface area contributed by atoms with E-state index in [0.29, 0.717) is 13.1 Å². The first kappa shape index (κ1) is 12.6. The summed E-state index contributed by atoms with van der Waals surface area (Å²) in [5.41, 5.74) is 0.109. The zero-order valence-electron chi connectivity index (χ0n) is 10.2. The van der Waals surface area contributed by atoms with Crippen LogP contribution in [0.3, 0.4) is 0 Å². The van der Waals surface area contributed by atoms with Crippen molar-refractivity contribution in [3.05, 3.63) is 24.2 Å². The topological polar surface area (TPSA) is 54.3 Å². The van der Waals surface area contributed by atoms with Crippen LogP contribution in [0.1, 0.15) is 26.5 Å². The average molecular weight is 224 g/mol. The molecule has 2 N–H and O–H groups in total. The largest absolute Gasteiger partial charge is 0.469 e. The van der Waals surface area contributed by atoms with E-state index in [1.54, 1.807) is 6.26 Å². The van der Waals surface area contributed by atoms with Gasteiger partial charge in [-0.3, -0.25) is 0 Å². The van der Waals surface area contributed by atoms with Gasteiger partial charge in [-0.2, -0.15) is 0 Å². The summed E-state index contributed by atoms with van der Waals surface area (Å²) in [4.78, 5) is 11.4. The Morgan fingerprint density at radius 1 is 1.38 bits per heavy atom. The van der Waals surface area contributed by atoms with Gasteiger partial charge < -0.3 is 15.1 Å². The molecule has 0 bridgehead atoms. The Balaban J connectivity index is 2.11. The molecule has 4 nitrogen and oxygen atoms in total. The molecule has 0 aliphatic heterocycles. The van der Waals surface area contributed by atoms with Crippen molar-refractivity contribution in [1.29, 1.82) is 0 Å². The molecule has 0 fully saturated rings. The number of hydrogen-bond acceptors (Lipinski definition) is 2. The van der Waals surface area contributed by atoms with Gasteiger partial charge in [0.15, 0.2) is 0 Å². The Labute approximate surface area is 96.4 Å². The van der Waals surface area contributed by atoms with E-state index in [2.05, 4.69) is 31.4 Å². The Morgan fingerprint density at radius 2 is 2.12 bits per heavy atom. The lowest BCUT2D eigenvalue weighted by Gasteiger charge is -2.18. The second kappa shape index (κ2) is 5.58. The number of hydrogen-bond donors (Lipinski definition) is 2. The Morgan fingerprint density at radius 3 is 2.69 bits per heavy atom. The minimum Gasteiger partial charge on any atom is -0.469 e. The number of rotatable bonds is 4. The van der Waals surface area contributed by atoms with Crippen molar-refractivity contribution in [3.8, 4) is 0 Å². The predicted octanol–water partition coefficient (Wildman–Crippen LogP) is 2.17. The van der Waals surface area contributed by atoms with Crippen LogP contribution in [0.5, 0.6) is 0 Å². The quantitative estimate of drug-likeness (QED) is 0.823. The van der Waals surface area contributed by atoms with Crippen molar-refractivity contribution in [3.63, 3.8) is 0 Å². The highest BCUT2D eigenvalue weighted by Gasteiger charge is 2.11. The number of urea groups is 1. The van der Waals surface area contributed by atoms with E-state index < -0.39 is 0 Å². The van der Waals surface area contributed by atoms with E-state index in [-0.39, 0.29) is 11.4 Å². The fourth-order valence-electron chi connectivity index (χ4n) is 1.16. The maximum absolute atomic E-state index is 11.4. The van der Waals surface area contributed by atoms with Crippen LogP contribution >= 0.6 is 0 Å². The van der Waals surface area contributed by atoms with E-state index in [1.807, 2.05) is 12.1 Å². The fourth-order valence-corrected chi connectivity index (χ4v) is 1.16. The summed E-state index contributed by atoms with van der Waals surface area (Å²) in [6.45, 7) is 7.49. The average Bonchev–Trinajstić information content (AvgIpc) is 2.66. The van der Waals surface area contributed by atoms with Gasteiger partial charge in [0.05, 0.1) is 6.26 Å². The molecular weight excluding hydrogens is 204 g/mol. The lowest BCUT2D eigenvalue weighted by Crippen LogP contribution is -2.40. The molecule has 0 radical (unpaired) electrons. The summed E-state index contributed by atoms with van der Waals surface area (Å²) in [6.07, 6.45) is 2.35. The summed E-state index contributed by atoms with van der Waals surface area (Å²) in [5, 5.41) is 5.61. The van der Waals surface area contributed by atoms with Crippen molar-refractivity contribution < 1.29 is 9.21 Å². The summed E-state index contributed by atoms with van der Waals surface area (Å²) in [5.74, 6) is 0.885. The minimum absolute atomic E-state index is 0.109. The van der Waals surface area contributed by atoms with Crippen LogP contribution in [0.4, 0.5) is 4.79 Å². The molecule has 0 spiro atoms. The molecule has 0 atom stereocenters. The molecule has 0 saturated carbocycles. The Bertz CT molecular complexity index is 312. The van der Waals surface area contributed by atoms with Gasteiger partial charge in [-0.25, -0.2) is 4.79 Å². The summed E-state index contributed by atoms with van der Waals surface area (Å²) < 4.78 is 5.16. The first-order chi connectivity index (χ1) is 7.47. The number of nitrogens with one attached hydrogen (secondary N) is 2. The zero-order chi connectivity index (χ0) is 12.0. The lowest BCUT2D eigenvalue weighted by molar-refractivity contribution is 0.235. The standard InChI is InChI=1S/C12H20N2O2/c1-12(2,3)9-14-11(15)13-7-6-10-5-4-8-16-10/h4-5,8H,6-7,9H2,1-3H3,(H2,13,14,15). The summed E-state index contributed by atoms with van der Waals surface area (Å²) in [7, 11) is 0. The first-order valence-corrected chi connectivity index (χ1v) is 5.51. The predicted molar refractivity (Wildman–Crippen MR) is 63.3 cm³/mol. The molecule has 0 unspecified atom stereocenters. The van der Waals surface area contributed by atoms with E-state index in [9.17, 15) is 4.79 Å². The molecule has 0 aliphatic rings. The molecular formula is C12H20N2O2. The first-order valence-electron chi connectivity index (χ1n) is 5.51. The van der Waals surface area contributed by atoms with E-state index in [1.165, 1.54) is 0 Å². The molecule has 1 aromatic rings. The zero-order valence-corrected chi connectivity index (χ0v) is 10.2. The van der Waals surface area contributed by atoms with Crippen LogP contribution in [0.2, 0.25) is 0 Å². The number of furan rings is 1. The van der Waals surface area contributed by atoms with Gasteiger partial charge in [-0.05, 0) is 17.5 Å². The number of carbonyl (C=O) groups is 1. The highest BCUT2D eigenvalue weighted by molar-refractivity contribution is 5.73. The van der Waals surface area contributed by atoms with Crippen molar-refractivity contribution in [2.45, 2.75) is 27.2 Å². The van der Waals surface area contributed by atoms with Gasteiger partial charge in [0.1, 0.15) is 5.76 Å². The fraction of sp³-hybridized carbons (Fsp3) is 0.583. The SMILES string of the molecule is CC(C)(C)CNC(=O)NCCc1ccco1. The summed E-state index contributed by atoms with van der Waals surface area (Å²) >= 11 is 0. The third-order valence-electron chi connectivity index (χ3n) is 2.02. The van der Waals surface area contributed by atoms with Crippen molar-refractivity contribution in [1.82, 2.24) is 10.6 Å². The number of carbonyl (C=O) groups excluding carboxylic acids is 1. The monoisotopic (exact) mass is 224 g/mol. The highest BCUT2D eigenvalue weighted by atomic mass is 16.3. The van der Waals surface area contributed by atoms with Crippen molar-refractivity contribution >= 4 is 6.03 Å². The third kappa shape index (κ3) is 5.44.